The number of hydrogen-bond acceptors (Lipinski definition) is 6. The van der Waals surface area contributed by atoms with Crippen molar-refractivity contribution >= 4 is 29.1 Å². The highest BCUT2D eigenvalue weighted by molar-refractivity contribution is 7.99. The van der Waals surface area contributed by atoms with Crippen molar-refractivity contribution in [2.45, 2.75) is 6.04 Å². The van der Waals surface area contributed by atoms with E-state index in [-0.39, 0.29) is 16.9 Å². The second kappa shape index (κ2) is 5.79. The van der Waals surface area contributed by atoms with Gasteiger partial charge in [-0.2, -0.15) is 17.0 Å². The van der Waals surface area contributed by atoms with Crippen LogP contribution in [0.3, 0.4) is 0 Å². The summed E-state index contributed by atoms with van der Waals surface area (Å²) in [6.07, 6.45) is 0. The number of hydrogen-bond donors (Lipinski definition) is 1. The van der Waals surface area contributed by atoms with Gasteiger partial charge in [-0.25, -0.2) is 4.79 Å². The molecule has 20 heavy (non-hydrogen) atoms. The third-order valence-corrected chi connectivity index (χ3v) is 4.05. The van der Waals surface area contributed by atoms with Gasteiger partial charge in [0.05, 0.1) is 16.6 Å². The molecule has 0 amide bonds. The van der Waals surface area contributed by atoms with Gasteiger partial charge in [0.1, 0.15) is 11.7 Å². The van der Waals surface area contributed by atoms with E-state index >= 15 is 0 Å². The van der Waals surface area contributed by atoms with Gasteiger partial charge < -0.3 is 10.0 Å². The van der Waals surface area contributed by atoms with E-state index in [1.165, 1.54) is 34.9 Å². The highest BCUT2D eigenvalue weighted by atomic mass is 32.2. The van der Waals surface area contributed by atoms with Gasteiger partial charge in [0, 0.05) is 24.1 Å². The van der Waals surface area contributed by atoms with Gasteiger partial charge in [0.25, 0.3) is 5.69 Å². The Bertz CT molecular complexity index is 599. The number of carboxylic acid groups (broad SMARTS) is 1. The molecule has 7 nitrogen and oxygen atoms in total. The van der Waals surface area contributed by atoms with Crippen LogP contribution in [-0.4, -0.2) is 40.1 Å². The van der Waals surface area contributed by atoms with Crippen LogP contribution in [-0.2, 0) is 4.79 Å². The van der Waals surface area contributed by atoms with Crippen molar-refractivity contribution in [3.63, 3.8) is 0 Å². The molecule has 2 rings (SSSR count). The number of nitriles is 1. The van der Waals surface area contributed by atoms with E-state index in [2.05, 4.69) is 0 Å². The molecular formula is C12H11N3O4S. The number of thioether (sulfide) groups is 1. The Hall–Kier alpha value is -2.27. The van der Waals surface area contributed by atoms with Crippen molar-refractivity contribution in [3.8, 4) is 6.07 Å². The normalized spacial score (nSPS) is 18.4. The van der Waals surface area contributed by atoms with Gasteiger partial charge >= 0.3 is 5.97 Å². The summed E-state index contributed by atoms with van der Waals surface area (Å²) in [6.45, 7) is 0.400. The quantitative estimate of drug-likeness (QED) is 0.664. The zero-order chi connectivity index (χ0) is 14.7. The van der Waals surface area contributed by atoms with Crippen LogP contribution in [0.1, 0.15) is 5.56 Å². The summed E-state index contributed by atoms with van der Waals surface area (Å²) >= 11 is 1.50. The van der Waals surface area contributed by atoms with E-state index in [0.29, 0.717) is 18.1 Å². The van der Waals surface area contributed by atoms with Crippen molar-refractivity contribution in [2.75, 3.05) is 23.0 Å². The molecule has 1 heterocycles. The van der Waals surface area contributed by atoms with Crippen molar-refractivity contribution in [3.05, 3.63) is 33.9 Å². The number of nitro groups is 1. The van der Waals surface area contributed by atoms with Gasteiger partial charge in [0.15, 0.2) is 0 Å². The molecule has 1 aliphatic rings. The molecule has 8 heteroatoms. The number of nitro benzene ring substituents is 1. The molecule has 0 aromatic heterocycles. The largest absolute Gasteiger partial charge is 0.480 e. The number of carbonyl (C=O) groups is 1. The van der Waals surface area contributed by atoms with Crippen molar-refractivity contribution in [1.82, 2.24) is 0 Å². The van der Waals surface area contributed by atoms with Gasteiger partial charge in [-0.05, 0) is 12.1 Å². The van der Waals surface area contributed by atoms with Crippen molar-refractivity contribution in [1.29, 1.82) is 5.26 Å². The second-order valence-electron chi connectivity index (χ2n) is 4.19. The number of carboxylic acids is 1. The van der Waals surface area contributed by atoms with E-state index in [9.17, 15) is 20.0 Å². The van der Waals surface area contributed by atoms with Crippen LogP contribution in [0.5, 0.6) is 0 Å². The van der Waals surface area contributed by atoms with Crippen molar-refractivity contribution < 1.29 is 14.8 Å². The predicted molar refractivity (Wildman–Crippen MR) is 73.9 cm³/mol. The molecular weight excluding hydrogens is 282 g/mol. The first-order valence-electron chi connectivity index (χ1n) is 5.80. The van der Waals surface area contributed by atoms with Gasteiger partial charge in [-0.15, -0.1) is 0 Å². The summed E-state index contributed by atoms with van der Waals surface area (Å²) in [5.74, 6) is 0.0370. The third kappa shape index (κ3) is 2.67. The summed E-state index contributed by atoms with van der Waals surface area (Å²) in [5.41, 5.74) is 0.289. The molecule has 0 aliphatic carbocycles. The van der Waals surface area contributed by atoms with Crippen LogP contribution < -0.4 is 4.90 Å². The lowest BCUT2D eigenvalue weighted by atomic mass is 10.1. The lowest BCUT2D eigenvalue weighted by Crippen LogP contribution is -2.47. The van der Waals surface area contributed by atoms with Gasteiger partial charge in [0.2, 0.25) is 0 Å². The van der Waals surface area contributed by atoms with E-state index in [1.54, 1.807) is 0 Å². The maximum atomic E-state index is 11.3. The van der Waals surface area contributed by atoms with Gasteiger partial charge in [-0.3, -0.25) is 10.1 Å². The molecule has 1 fully saturated rings. The lowest BCUT2D eigenvalue weighted by molar-refractivity contribution is -0.384. The molecule has 0 radical (unpaired) electrons. The summed E-state index contributed by atoms with van der Waals surface area (Å²) in [6, 6.07) is 5.08. The van der Waals surface area contributed by atoms with Gasteiger partial charge in [-0.1, -0.05) is 0 Å². The fourth-order valence-corrected chi connectivity index (χ4v) is 3.11. The van der Waals surface area contributed by atoms with E-state index < -0.39 is 16.9 Å². The summed E-state index contributed by atoms with van der Waals surface area (Å²) in [4.78, 5) is 23.3. The SMILES string of the molecule is N#Cc1ccc([N+](=O)[O-])c(N2CCSCC2C(=O)O)c1. The standard InChI is InChI=1S/C12H11N3O4S/c13-6-8-1-2-9(15(18)19)10(5-8)14-3-4-20-7-11(14)12(16)17/h1-2,5,11H,3-4,7H2,(H,16,17). The maximum absolute atomic E-state index is 11.3. The Balaban J connectivity index is 2.50. The number of nitrogens with zero attached hydrogens (tertiary/aromatic N) is 3. The first-order chi connectivity index (χ1) is 9.54. The minimum Gasteiger partial charge on any atom is -0.480 e. The molecule has 1 unspecified atom stereocenters. The van der Waals surface area contributed by atoms with Crippen LogP contribution in [0.2, 0.25) is 0 Å². The topological polar surface area (TPSA) is 107 Å². The fraction of sp³-hybridized carbons (Fsp3) is 0.333. The molecule has 0 bridgehead atoms. The Morgan fingerprint density at radius 3 is 2.95 bits per heavy atom. The summed E-state index contributed by atoms with van der Waals surface area (Å²) in [5, 5.41) is 29.2. The molecule has 1 aromatic carbocycles. The number of benzene rings is 1. The second-order valence-corrected chi connectivity index (χ2v) is 5.34. The highest BCUT2D eigenvalue weighted by Gasteiger charge is 2.33. The van der Waals surface area contributed by atoms with Crippen LogP contribution in [0.25, 0.3) is 0 Å². The van der Waals surface area contributed by atoms with E-state index in [1.807, 2.05) is 6.07 Å². The number of anilines is 1. The third-order valence-electron chi connectivity index (χ3n) is 3.02. The van der Waals surface area contributed by atoms with Crippen LogP contribution >= 0.6 is 11.8 Å². The maximum Gasteiger partial charge on any atom is 0.327 e. The Morgan fingerprint density at radius 2 is 2.35 bits per heavy atom. The molecule has 0 spiro atoms. The molecule has 1 N–H and O–H groups in total. The van der Waals surface area contributed by atoms with E-state index in [4.69, 9.17) is 5.26 Å². The first kappa shape index (κ1) is 14.1. The smallest absolute Gasteiger partial charge is 0.327 e. The molecule has 1 aliphatic heterocycles. The summed E-state index contributed by atoms with van der Waals surface area (Å²) < 4.78 is 0. The molecule has 0 saturated carbocycles. The lowest BCUT2D eigenvalue weighted by Gasteiger charge is -2.34. The zero-order valence-electron chi connectivity index (χ0n) is 10.4. The average Bonchev–Trinajstić information content (AvgIpc) is 2.46. The van der Waals surface area contributed by atoms with Crippen LogP contribution in [0, 0.1) is 21.4 Å². The van der Waals surface area contributed by atoms with E-state index in [0.717, 1.165) is 0 Å². The first-order valence-corrected chi connectivity index (χ1v) is 6.96. The zero-order valence-corrected chi connectivity index (χ0v) is 11.2. The Labute approximate surface area is 118 Å². The predicted octanol–water partition coefficient (Wildman–Crippen LogP) is 1.47. The summed E-state index contributed by atoms with van der Waals surface area (Å²) in [7, 11) is 0. The number of rotatable bonds is 3. The molecule has 1 atom stereocenters. The minimum absolute atomic E-state index is 0.179. The molecule has 104 valence electrons. The fourth-order valence-electron chi connectivity index (χ4n) is 2.07. The van der Waals surface area contributed by atoms with Crippen molar-refractivity contribution in [2.24, 2.45) is 0 Å². The number of aliphatic carboxylic acids is 1. The average molecular weight is 293 g/mol. The minimum atomic E-state index is -1.02. The van der Waals surface area contributed by atoms with Crippen LogP contribution in [0.15, 0.2) is 18.2 Å². The van der Waals surface area contributed by atoms with Crippen LogP contribution in [0.4, 0.5) is 11.4 Å². The Morgan fingerprint density at radius 1 is 1.60 bits per heavy atom. The monoisotopic (exact) mass is 293 g/mol. The Kier molecular flexibility index (Phi) is 4.10. The molecule has 1 aromatic rings. The highest BCUT2D eigenvalue weighted by Crippen LogP contribution is 2.33. The molecule has 1 saturated heterocycles.